The van der Waals surface area contributed by atoms with Gasteiger partial charge in [0, 0.05) is 32.0 Å². The van der Waals surface area contributed by atoms with E-state index in [2.05, 4.69) is 25.8 Å². The van der Waals surface area contributed by atoms with Gasteiger partial charge in [-0.15, -0.1) is 10.2 Å². The fraction of sp³-hybridized carbons (Fsp3) is 0.375. The first-order valence-electron chi connectivity index (χ1n) is 7.56. The van der Waals surface area contributed by atoms with Crippen molar-refractivity contribution in [3.8, 4) is 0 Å². The second kappa shape index (κ2) is 8.07. The molecule has 122 valence electrons. The number of hydrogen-bond acceptors (Lipinski definition) is 5. The van der Waals surface area contributed by atoms with Crippen molar-refractivity contribution in [1.29, 1.82) is 0 Å². The molecule has 7 heteroatoms. The molecule has 0 saturated carbocycles. The van der Waals surface area contributed by atoms with Crippen LogP contribution >= 0.6 is 0 Å². The number of pyridine rings is 1. The van der Waals surface area contributed by atoms with E-state index in [-0.39, 0.29) is 12.1 Å². The Balaban J connectivity index is 1.87. The molecule has 0 aliphatic heterocycles. The van der Waals surface area contributed by atoms with Gasteiger partial charge in [0.2, 0.25) is 0 Å². The molecule has 0 spiro atoms. The van der Waals surface area contributed by atoms with Crippen LogP contribution in [-0.4, -0.2) is 40.8 Å². The van der Waals surface area contributed by atoms with E-state index in [0.29, 0.717) is 5.82 Å². The Hall–Kier alpha value is -2.70. The molecule has 7 nitrogen and oxygen atoms in total. The largest absolute Gasteiger partial charge is 0.358 e. The van der Waals surface area contributed by atoms with E-state index in [0.717, 1.165) is 18.8 Å². The maximum atomic E-state index is 11.6. The zero-order valence-electron chi connectivity index (χ0n) is 13.7. The van der Waals surface area contributed by atoms with Crippen LogP contribution in [0.3, 0.4) is 0 Å². The number of anilines is 2. The summed E-state index contributed by atoms with van der Waals surface area (Å²) in [5, 5.41) is 13.6. The third kappa shape index (κ3) is 5.54. The Morgan fingerprint density at radius 2 is 1.91 bits per heavy atom. The Bertz CT molecular complexity index is 614. The van der Waals surface area contributed by atoms with Crippen molar-refractivity contribution < 1.29 is 4.79 Å². The van der Waals surface area contributed by atoms with Gasteiger partial charge in [-0.1, -0.05) is 0 Å². The molecule has 2 heterocycles. The van der Waals surface area contributed by atoms with Gasteiger partial charge in [0.25, 0.3) is 0 Å². The standard InChI is InChI=1S/C16H22N6O/c1-12(2)18-16(23)19-14-4-5-15(21-20-14)22(3)11-8-13-6-9-17-10-7-13/h4-7,9-10,12H,8,11H2,1-3H3,(H2,18,19,20,23). The number of nitrogens with zero attached hydrogens (tertiary/aromatic N) is 4. The summed E-state index contributed by atoms with van der Waals surface area (Å²) in [6.07, 6.45) is 4.48. The van der Waals surface area contributed by atoms with Crippen molar-refractivity contribution in [3.05, 3.63) is 42.2 Å². The Morgan fingerprint density at radius 1 is 1.17 bits per heavy atom. The number of likely N-dealkylation sites (N-methyl/N-ethyl adjacent to an activating group) is 1. The first-order chi connectivity index (χ1) is 11.0. The van der Waals surface area contributed by atoms with E-state index in [9.17, 15) is 4.79 Å². The minimum Gasteiger partial charge on any atom is -0.358 e. The van der Waals surface area contributed by atoms with E-state index in [1.165, 1.54) is 5.56 Å². The first kappa shape index (κ1) is 16.7. The fourth-order valence-corrected chi connectivity index (χ4v) is 1.97. The SMILES string of the molecule is CC(C)NC(=O)Nc1ccc(N(C)CCc2ccncc2)nn1. The van der Waals surface area contributed by atoms with Crippen LogP contribution < -0.4 is 15.5 Å². The highest BCUT2D eigenvalue weighted by Crippen LogP contribution is 2.11. The normalized spacial score (nSPS) is 10.4. The van der Waals surface area contributed by atoms with Crippen molar-refractivity contribution >= 4 is 17.7 Å². The predicted molar refractivity (Wildman–Crippen MR) is 90.5 cm³/mol. The number of hydrogen-bond donors (Lipinski definition) is 2. The molecule has 0 fully saturated rings. The minimum absolute atomic E-state index is 0.0709. The maximum Gasteiger partial charge on any atom is 0.320 e. The van der Waals surface area contributed by atoms with Crippen LogP contribution in [0.4, 0.5) is 16.4 Å². The molecule has 0 aliphatic carbocycles. The van der Waals surface area contributed by atoms with Crippen LogP contribution in [0.1, 0.15) is 19.4 Å². The highest BCUT2D eigenvalue weighted by molar-refractivity contribution is 5.88. The molecule has 0 unspecified atom stereocenters. The number of carbonyl (C=O) groups excluding carboxylic acids is 1. The Morgan fingerprint density at radius 3 is 2.52 bits per heavy atom. The Labute approximate surface area is 136 Å². The van der Waals surface area contributed by atoms with E-state index in [4.69, 9.17) is 0 Å². The topological polar surface area (TPSA) is 83.0 Å². The molecule has 2 aromatic rings. The molecular formula is C16H22N6O. The molecule has 0 atom stereocenters. The predicted octanol–water partition coefficient (Wildman–Crippen LogP) is 2.08. The molecule has 23 heavy (non-hydrogen) atoms. The van der Waals surface area contributed by atoms with Gasteiger partial charge in [0.15, 0.2) is 11.6 Å². The van der Waals surface area contributed by atoms with Crippen LogP contribution in [0.15, 0.2) is 36.7 Å². The van der Waals surface area contributed by atoms with Crippen molar-refractivity contribution in [2.45, 2.75) is 26.3 Å². The molecule has 0 saturated heterocycles. The molecule has 0 bridgehead atoms. The highest BCUT2D eigenvalue weighted by Gasteiger charge is 2.07. The molecule has 2 aromatic heterocycles. The summed E-state index contributed by atoms with van der Waals surface area (Å²) in [6, 6.07) is 7.37. The number of rotatable bonds is 6. The van der Waals surface area contributed by atoms with Crippen LogP contribution in [-0.2, 0) is 6.42 Å². The van der Waals surface area contributed by atoms with E-state index in [1.807, 2.05) is 44.0 Å². The van der Waals surface area contributed by atoms with Gasteiger partial charge in [0.05, 0.1) is 0 Å². The smallest absolute Gasteiger partial charge is 0.320 e. The summed E-state index contributed by atoms with van der Waals surface area (Å²) < 4.78 is 0. The number of amides is 2. The van der Waals surface area contributed by atoms with Crippen molar-refractivity contribution in [3.63, 3.8) is 0 Å². The molecule has 2 rings (SSSR count). The molecule has 0 aromatic carbocycles. The summed E-state index contributed by atoms with van der Waals surface area (Å²) in [5.41, 5.74) is 1.23. The van der Waals surface area contributed by atoms with Gasteiger partial charge in [0.1, 0.15) is 0 Å². The lowest BCUT2D eigenvalue weighted by Gasteiger charge is -2.17. The van der Waals surface area contributed by atoms with E-state index < -0.39 is 0 Å². The molecule has 2 N–H and O–H groups in total. The summed E-state index contributed by atoms with van der Waals surface area (Å²) in [5.74, 6) is 1.18. The second-order valence-electron chi connectivity index (χ2n) is 5.56. The monoisotopic (exact) mass is 314 g/mol. The first-order valence-corrected chi connectivity index (χ1v) is 7.56. The molecular weight excluding hydrogens is 292 g/mol. The summed E-state index contributed by atoms with van der Waals surface area (Å²) in [7, 11) is 1.96. The van der Waals surface area contributed by atoms with Crippen LogP contribution in [0.2, 0.25) is 0 Å². The molecule has 2 amide bonds. The lowest BCUT2D eigenvalue weighted by atomic mass is 10.2. The van der Waals surface area contributed by atoms with Gasteiger partial charge < -0.3 is 10.2 Å². The Kier molecular flexibility index (Phi) is 5.85. The second-order valence-corrected chi connectivity index (χ2v) is 5.56. The van der Waals surface area contributed by atoms with E-state index >= 15 is 0 Å². The van der Waals surface area contributed by atoms with Crippen LogP contribution in [0.25, 0.3) is 0 Å². The average molecular weight is 314 g/mol. The number of aromatic nitrogens is 3. The quantitative estimate of drug-likeness (QED) is 0.853. The third-order valence-corrected chi connectivity index (χ3v) is 3.19. The number of nitrogens with one attached hydrogen (secondary N) is 2. The van der Waals surface area contributed by atoms with Gasteiger partial charge in [-0.3, -0.25) is 10.3 Å². The highest BCUT2D eigenvalue weighted by atomic mass is 16.2. The fourth-order valence-electron chi connectivity index (χ4n) is 1.97. The summed E-state index contributed by atoms with van der Waals surface area (Å²) >= 11 is 0. The zero-order valence-corrected chi connectivity index (χ0v) is 13.7. The maximum absolute atomic E-state index is 11.6. The number of carbonyl (C=O) groups is 1. The van der Waals surface area contributed by atoms with Gasteiger partial charge in [-0.05, 0) is 50.1 Å². The lowest BCUT2D eigenvalue weighted by molar-refractivity contribution is 0.250. The zero-order chi connectivity index (χ0) is 16.7. The number of urea groups is 1. The van der Waals surface area contributed by atoms with Gasteiger partial charge in [-0.2, -0.15) is 0 Å². The molecule has 0 radical (unpaired) electrons. The van der Waals surface area contributed by atoms with Crippen molar-refractivity contribution in [2.75, 3.05) is 23.8 Å². The minimum atomic E-state index is -0.284. The van der Waals surface area contributed by atoms with Crippen LogP contribution in [0.5, 0.6) is 0 Å². The van der Waals surface area contributed by atoms with E-state index in [1.54, 1.807) is 18.5 Å². The third-order valence-electron chi connectivity index (χ3n) is 3.19. The van der Waals surface area contributed by atoms with Gasteiger partial charge >= 0.3 is 6.03 Å². The average Bonchev–Trinajstić information content (AvgIpc) is 2.53. The summed E-state index contributed by atoms with van der Waals surface area (Å²) in [4.78, 5) is 17.6. The van der Waals surface area contributed by atoms with Crippen molar-refractivity contribution in [1.82, 2.24) is 20.5 Å². The summed E-state index contributed by atoms with van der Waals surface area (Å²) in [6.45, 7) is 4.61. The molecule has 0 aliphatic rings. The van der Waals surface area contributed by atoms with Crippen LogP contribution in [0, 0.1) is 0 Å². The lowest BCUT2D eigenvalue weighted by Crippen LogP contribution is -2.34. The van der Waals surface area contributed by atoms with Gasteiger partial charge in [-0.25, -0.2) is 4.79 Å². The van der Waals surface area contributed by atoms with Crippen molar-refractivity contribution in [2.24, 2.45) is 0 Å².